The standard InChI is InChI=1S/C19H15ClFN3O3/c20-16-7-6-13(24-8-2-5-18(24)25)10-15(16)19-22-17(23-27-19)11-26-14-4-1-3-12(21)9-14/h1,3-4,6-7,9-10H,2,5,8,11H2. The van der Waals surface area contributed by atoms with Crippen LogP contribution in [0.25, 0.3) is 11.5 Å². The van der Waals surface area contributed by atoms with Crippen LogP contribution in [0, 0.1) is 5.82 Å². The van der Waals surface area contributed by atoms with E-state index in [9.17, 15) is 9.18 Å². The van der Waals surface area contributed by atoms with E-state index in [-0.39, 0.29) is 24.2 Å². The summed E-state index contributed by atoms with van der Waals surface area (Å²) in [6.45, 7) is 0.700. The molecule has 4 rings (SSSR count). The van der Waals surface area contributed by atoms with Gasteiger partial charge in [0.1, 0.15) is 11.6 Å². The first-order valence-electron chi connectivity index (χ1n) is 8.41. The molecule has 0 bridgehead atoms. The minimum Gasteiger partial charge on any atom is -0.485 e. The molecule has 2 aromatic carbocycles. The molecule has 0 atom stereocenters. The van der Waals surface area contributed by atoms with E-state index < -0.39 is 0 Å². The van der Waals surface area contributed by atoms with Crippen molar-refractivity contribution in [2.75, 3.05) is 11.4 Å². The maximum Gasteiger partial charge on any atom is 0.259 e. The van der Waals surface area contributed by atoms with Gasteiger partial charge in [0.05, 0.1) is 10.6 Å². The summed E-state index contributed by atoms with van der Waals surface area (Å²) >= 11 is 6.27. The Morgan fingerprint density at radius 1 is 1.26 bits per heavy atom. The first-order valence-corrected chi connectivity index (χ1v) is 8.79. The van der Waals surface area contributed by atoms with Crippen LogP contribution in [0.2, 0.25) is 5.02 Å². The maximum atomic E-state index is 13.2. The van der Waals surface area contributed by atoms with Gasteiger partial charge in [0, 0.05) is 24.7 Å². The summed E-state index contributed by atoms with van der Waals surface area (Å²) in [7, 11) is 0. The molecule has 3 aromatic rings. The predicted octanol–water partition coefficient (Wildman–Crippen LogP) is 4.23. The number of rotatable bonds is 5. The minimum absolute atomic E-state index is 0.0227. The smallest absolute Gasteiger partial charge is 0.259 e. The molecule has 0 saturated carbocycles. The van der Waals surface area contributed by atoms with Gasteiger partial charge < -0.3 is 14.2 Å². The Kier molecular flexibility index (Phi) is 4.77. The number of ether oxygens (including phenoxy) is 1. The average molecular weight is 388 g/mol. The van der Waals surface area contributed by atoms with Crippen LogP contribution in [-0.2, 0) is 11.4 Å². The highest BCUT2D eigenvalue weighted by molar-refractivity contribution is 6.33. The van der Waals surface area contributed by atoms with Crippen molar-refractivity contribution in [3.8, 4) is 17.2 Å². The highest BCUT2D eigenvalue weighted by atomic mass is 35.5. The summed E-state index contributed by atoms with van der Waals surface area (Å²) in [5, 5.41) is 4.31. The third-order valence-electron chi connectivity index (χ3n) is 4.20. The molecule has 1 aromatic heterocycles. The van der Waals surface area contributed by atoms with E-state index in [2.05, 4.69) is 10.1 Å². The van der Waals surface area contributed by atoms with Crippen LogP contribution in [0.1, 0.15) is 18.7 Å². The van der Waals surface area contributed by atoms with Gasteiger partial charge in [-0.3, -0.25) is 4.79 Å². The molecule has 0 unspecified atom stereocenters. The van der Waals surface area contributed by atoms with Crippen molar-refractivity contribution in [1.29, 1.82) is 0 Å². The normalized spacial score (nSPS) is 14.0. The summed E-state index contributed by atoms with van der Waals surface area (Å²) in [5.41, 5.74) is 1.28. The third-order valence-corrected chi connectivity index (χ3v) is 4.53. The van der Waals surface area contributed by atoms with E-state index in [1.54, 1.807) is 35.2 Å². The fraction of sp³-hybridized carbons (Fsp3) is 0.211. The summed E-state index contributed by atoms with van der Waals surface area (Å²) in [5.74, 6) is 0.590. The first kappa shape index (κ1) is 17.5. The van der Waals surface area contributed by atoms with Gasteiger partial charge in [-0.1, -0.05) is 22.8 Å². The molecular formula is C19H15ClFN3O3. The van der Waals surface area contributed by atoms with Gasteiger partial charge in [0.2, 0.25) is 11.7 Å². The van der Waals surface area contributed by atoms with Gasteiger partial charge in [-0.25, -0.2) is 4.39 Å². The molecule has 0 N–H and O–H groups in total. The molecule has 1 aliphatic rings. The van der Waals surface area contributed by atoms with Crippen LogP contribution in [0.4, 0.5) is 10.1 Å². The maximum absolute atomic E-state index is 13.2. The zero-order valence-electron chi connectivity index (χ0n) is 14.2. The Balaban J connectivity index is 1.53. The number of carbonyl (C=O) groups is 1. The molecule has 0 spiro atoms. The lowest BCUT2D eigenvalue weighted by molar-refractivity contribution is -0.117. The fourth-order valence-electron chi connectivity index (χ4n) is 2.89. The molecule has 0 aliphatic carbocycles. The fourth-order valence-corrected chi connectivity index (χ4v) is 3.09. The average Bonchev–Trinajstić information content (AvgIpc) is 3.30. The summed E-state index contributed by atoms with van der Waals surface area (Å²) < 4.78 is 23.9. The number of nitrogens with zero attached hydrogens (tertiary/aromatic N) is 3. The zero-order chi connectivity index (χ0) is 18.8. The van der Waals surface area contributed by atoms with Gasteiger partial charge in [0.15, 0.2) is 6.61 Å². The third kappa shape index (κ3) is 3.78. The van der Waals surface area contributed by atoms with Crippen molar-refractivity contribution in [2.24, 2.45) is 0 Å². The van der Waals surface area contributed by atoms with E-state index in [4.69, 9.17) is 20.9 Å². The molecule has 1 aliphatic heterocycles. The Hall–Kier alpha value is -2.93. The molecule has 8 heteroatoms. The molecule has 1 fully saturated rings. The van der Waals surface area contributed by atoms with E-state index in [1.807, 2.05) is 0 Å². The summed E-state index contributed by atoms with van der Waals surface area (Å²) in [6.07, 6.45) is 1.37. The van der Waals surface area contributed by atoms with Gasteiger partial charge in [-0.15, -0.1) is 0 Å². The Morgan fingerprint density at radius 3 is 2.93 bits per heavy atom. The van der Waals surface area contributed by atoms with Crippen LogP contribution >= 0.6 is 11.6 Å². The van der Waals surface area contributed by atoms with Gasteiger partial charge in [-0.05, 0) is 36.8 Å². The minimum atomic E-state index is -0.388. The Labute approximate surface area is 159 Å². The van der Waals surface area contributed by atoms with Crippen molar-refractivity contribution in [1.82, 2.24) is 10.1 Å². The monoisotopic (exact) mass is 387 g/mol. The molecule has 1 amide bonds. The SMILES string of the molecule is O=C1CCCN1c1ccc(Cl)c(-c2nc(COc3cccc(F)c3)no2)c1. The van der Waals surface area contributed by atoms with Crippen molar-refractivity contribution in [3.63, 3.8) is 0 Å². The second-order valence-corrected chi connectivity index (χ2v) is 6.48. The Bertz CT molecular complexity index is 992. The largest absolute Gasteiger partial charge is 0.485 e. The number of hydrogen-bond acceptors (Lipinski definition) is 5. The molecule has 0 radical (unpaired) electrons. The zero-order valence-corrected chi connectivity index (χ0v) is 14.9. The molecule has 6 nitrogen and oxygen atoms in total. The molecule has 2 heterocycles. The highest BCUT2D eigenvalue weighted by Crippen LogP contribution is 2.32. The van der Waals surface area contributed by atoms with Gasteiger partial charge in [0.25, 0.3) is 5.89 Å². The quantitative estimate of drug-likeness (QED) is 0.655. The lowest BCUT2D eigenvalue weighted by atomic mass is 10.2. The summed E-state index contributed by atoms with van der Waals surface area (Å²) in [6, 6.07) is 11.0. The van der Waals surface area contributed by atoms with Crippen LogP contribution in [0.15, 0.2) is 47.0 Å². The lowest BCUT2D eigenvalue weighted by Gasteiger charge is -2.16. The lowest BCUT2D eigenvalue weighted by Crippen LogP contribution is -2.23. The van der Waals surface area contributed by atoms with Crippen molar-refractivity contribution < 1.29 is 18.4 Å². The second-order valence-electron chi connectivity index (χ2n) is 6.07. The van der Waals surface area contributed by atoms with Crippen LogP contribution in [0.3, 0.4) is 0 Å². The molecular weight excluding hydrogens is 373 g/mol. The number of anilines is 1. The second kappa shape index (κ2) is 7.36. The first-order chi connectivity index (χ1) is 13.1. The van der Waals surface area contributed by atoms with E-state index >= 15 is 0 Å². The van der Waals surface area contributed by atoms with Crippen LogP contribution in [0.5, 0.6) is 5.75 Å². The van der Waals surface area contributed by atoms with Gasteiger partial charge in [-0.2, -0.15) is 4.98 Å². The highest BCUT2D eigenvalue weighted by Gasteiger charge is 2.23. The molecule has 1 saturated heterocycles. The van der Waals surface area contributed by atoms with Gasteiger partial charge >= 0.3 is 0 Å². The van der Waals surface area contributed by atoms with E-state index in [0.29, 0.717) is 35.1 Å². The van der Waals surface area contributed by atoms with Crippen molar-refractivity contribution in [3.05, 3.63) is 59.1 Å². The number of benzene rings is 2. The van der Waals surface area contributed by atoms with E-state index in [0.717, 1.165) is 12.1 Å². The summed E-state index contributed by atoms with van der Waals surface area (Å²) in [4.78, 5) is 17.9. The van der Waals surface area contributed by atoms with Crippen LogP contribution < -0.4 is 9.64 Å². The molecule has 138 valence electrons. The molecule has 27 heavy (non-hydrogen) atoms. The number of amides is 1. The van der Waals surface area contributed by atoms with Crippen LogP contribution in [-0.4, -0.2) is 22.6 Å². The topological polar surface area (TPSA) is 68.5 Å². The number of aromatic nitrogens is 2. The Morgan fingerprint density at radius 2 is 2.15 bits per heavy atom. The number of hydrogen-bond donors (Lipinski definition) is 0. The van der Waals surface area contributed by atoms with E-state index in [1.165, 1.54) is 12.1 Å². The van der Waals surface area contributed by atoms with Crippen molar-refractivity contribution >= 4 is 23.2 Å². The number of carbonyl (C=O) groups excluding carboxylic acids is 1. The predicted molar refractivity (Wildman–Crippen MR) is 97.1 cm³/mol. The number of halogens is 2. The van der Waals surface area contributed by atoms with Crippen molar-refractivity contribution in [2.45, 2.75) is 19.4 Å².